The van der Waals surface area contributed by atoms with Gasteiger partial charge in [0, 0.05) is 12.0 Å². The first-order valence-corrected chi connectivity index (χ1v) is 3.92. The van der Waals surface area contributed by atoms with Crippen molar-refractivity contribution >= 4 is 5.69 Å². The van der Waals surface area contributed by atoms with Gasteiger partial charge in [-0.2, -0.15) is 5.26 Å². The third-order valence-corrected chi connectivity index (χ3v) is 1.66. The van der Waals surface area contributed by atoms with Gasteiger partial charge in [-0.1, -0.05) is 6.07 Å². The second-order valence-corrected chi connectivity index (χ2v) is 2.47. The van der Waals surface area contributed by atoms with Gasteiger partial charge in [0.15, 0.2) is 6.07 Å². The molecule has 0 N–H and O–H groups in total. The minimum atomic E-state index is -0.566. The van der Waals surface area contributed by atoms with Crippen LogP contribution in [0.4, 0.5) is 5.69 Å². The van der Waals surface area contributed by atoms with Crippen LogP contribution in [0, 0.1) is 33.3 Å². The lowest BCUT2D eigenvalue weighted by atomic mass is 10.1. The highest BCUT2D eigenvalue weighted by molar-refractivity contribution is 5.59. The molecule has 0 aliphatic heterocycles. The Labute approximate surface area is 86.0 Å². The standard InChI is InChI=1S/C10H6N2O3/c1-15-10-6-2-5-9(12(13)14)8(10)4-3-7-11/h2,5-6H,1H3. The third kappa shape index (κ3) is 2.23. The minimum absolute atomic E-state index is 0.117. The van der Waals surface area contributed by atoms with Crippen molar-refractivity contribution in [3.05, 3.63) is 33.9 Å². The monoisotopic (exact) mass is 202 g/mol. The Morgan fingerprint density at radius 1 is 1.53 bits per heavy atom. The van der Waals surface area contributed by atoms with Crippen molar-refractivity contribution in [3.8, 4) is 23.7 Å². The predicted molar refractivity (Wildman–Crippen MR) is 52.1 cm³/mol. The number of nitro benzene ring substituents is 1. The maximum atomic E-state index is 10.7. The van der Waals surface area contributed by atoms with Crippen LogP contribution >= 0.6 is 0 Å². The first-order chi connectivity index (χ1) is 7.20. The van der Waals surface area contributed by atoms with Gasteiger partial charge in [-0.3, -0.25) is 10.1 Å². The number of hydrogen-bond acceptors (Lipinski definition) is 4. The Kier molecular flexibility index (Phi) is 3.26. The lowest BCUT2D eigenvalue weighted by Crippen LogP contribution is -1.95. The predicted octanol–water partition coefficient (Wildman–Crippen LogP) is 1.48. The van der Waals surface area contributed by atoms with Crippen LogP contribution in [0.25, 0.3) is 0 Å². The van der Waals surface area contributed by atoms with E-state index in [1.54, 1.807) is 12.1 Å². The molecule has 0 radical (unpaired) electrons. The van der Waals surface area contributed by atoms with Crippen molar-refractivity contribution in [1.29, 1.82) is 5.26 Å². The van der Waals surface area contributed by atoms with E-state index in [0.29, 0.717) is 0 Å². The van der Waals surface area contributed by atoms with E-state index in [9.17, 15) is 10.1 Å². The smallest absolute Gasteiger partial charge is 0.288 e. The Hall–Kier alpha value is -2.53. The number of benzene rings is 1. The number of nitro groups is 1. The number of methoxy groups -OCH3 is 1. The number of rotatable bonds is 2. The van der Waals surface area contributed by atoms with Gasteiger partial charge < -0.3 is 4.74 Å². The Morgan fingerprint density at radius 3 is 2.80 bits per heavy atom. The number of nitrogens with zero attached hydrogens (tertiary/aromatic N) is 2. The molecule has 1 aromatic rings. The van der Waals surface area contributed by atoms with Gasteiger partial charge in [0.2, 0.25) is 0 Å². The molecular weight excluding hydrogens is 196 g/mol. The van der Waals surface area contributed by atoms with Crippen LogP contribution in [0.5, 0.6) is 5.75 Å². The summed E-state index contributed by atoms with van der Waals surface area (Å²) in [5, 5.41) is 18.9. The summed E-state index contributed by atoms with van der Waals surface area (Å²) >= 11 is 0. The van der Waals surface area contributed by atoms with E-state index in [4.69, 9.17) is 10.00 Å². The molecule has 5 nitrogen and oxygen atoms in total. The summed E-state index contributed by atoms with van der Waals surface area (Å²) in [6.45, 7) is 0. The summed E-state index contributed by atoms with van der Waals surface area (Å²) in [4.78, 5) is 10.1. The van der Waals surface area contributed by atoms with Gasteiger partial charge in [0.05, 0.1) is 12.0 Å². The number of ether oxygens (including phenoxy) is 1. The molecule has 0 saturated carbocycles. The van der Waals surface area contributed by atoms with Gasteiger partial charge >= 0.3 is 0 Å². The van der Waals surface area contributed by atoms with Crippen LogP contribution in [0.2, 0.25) is 0 Å². The fourth-order valence-corrected chi connectivity index (χ4v) is 1.06. The quantitative estimate of drug-likeness (QED) is 0.413. The van der Waals surface area contributed by atoms with Gasteiger partial charge in [-0.05, 0) is 12.0 Å². The first-order valence-electron chi connectivity index (χ1n) is 3.92. The van der Waals surface area contributed by atoms with Crippen LogP contribution in [0.3, 0.4) is 0 Å². The molecule has 0 saturated heterocycles. The van der Waals surface area contributed by atoms with Gasteiger partial charge in [-0.15, -0.1) is 0 Å². The average Bonchev–Trinajstić information content (AvgIpc) is 2.25. The molecule has 1 rings (SSSR count). The molecule has 0 aliphatic rings. The van der Waals surface area contributed by atoms with Crippen LogP contribution in [0.1, 0.15) is 5.56 Å². The Balaban J connectivity index is 3.41. The molecule has 0 spiro atoms. The highest BCUT2D eigenvalue weighted by Gasteiger charge is 2.15. The Morgan fingerprint density at radius 2 is 2.27 bits per heavy atom. The van der Waals surface area contributed by atoms with E-state index in [0.717, 1.165) is 0 Å². The molecule has 0 heterocycles. The summed E-state index contributed by atoms with van der Waals surface area (Å²) in [6.07, 6.45) is 0. The molecule has 0 atom stereocenters. The van der Waals surface area contributed by atoms with E-state index in [1.807, 2.05) is 0 Å². The minimum Gasteiger partial charge on any atom is -0.495 e. The zero-order chi connectivity index (χ0) is 11.3. The normalized spacial score (nSPS) is 8.27. The first kappa shape index (κ1) is 10.6. The zero-order valence-corrected chi connectivity index (χ0v) is 7.85. The van der Waals surface area contributed by atoms with Crippen LogP contribution < -0.4 is 4.74 Å². The SMILES string of the molecule is COc1cccc([N+](=O)[O-])c1C#CC#N. The van der Waals surface area contributed by atoms with E-state index in [2.05, 4.69) is 11.8 Å². The summed E-state index contributed by atoms with van der Waals surface area (Å²) < 4.78 is 4.92. The molecule has 0 aliphatic carbocycles. The fourth-order valence-electron chi connectivity index (χ4n) is 1.06. The third-order valence-electron chi connectivity index (χ3n) is 1.66. The summed E-state index contributed by atoms with van der Waals surface area (Å²) in [5.74, 6) is 4.78. The summed E-state index contributed by atoms with van der Waals surface area (Å²) in [5.41, 5.74) is -0.0522. The summed E-state index contributed by atoms with van der Waals surface area (Å²) in [7, 11) is 1.39. The lowest BCUT2D eigenvalue weighted by molar-refractivity contribution is -0.385. The zero-order valence-electron chi connectivity index (χ0n) is 7.85. The molecule has 0 aromatic heterocycles. The fraction of sp³-hybridized carbons (Fsp3) is 0.100. The lowest BCUT2D eigenvalue weighted by Gasteiger charge is -2.02. The van der Waals surface area contributed by atoms with Gasteiger partial charge in [-0.25, -0.2) is 0 Å². The van der Waals surface area contributed by atoms with E-state index in [-0.39, 0.29) is 17.0 Å². The largest absolute Gasteiger partial charge is 0.495 e. The highest BCUT2D eigenvalue weighted by atomic mass is 16.6. The van der Waals surface area contributed by atoms with E-state index >= 15 is 0 Å². The molecule has 0 bridgehead atoms. The van der Waals surface area contributed by atoms with E-state index < -0.39 is 4.92 Å². The second kappa shape index (κ2) is 4.64. The average molecular weight is 202 g/mol. The van der Waals surface area contributed by atoms with Crippen molar-refractivity contribution in [1.82, 2.24) is 0 Å². The van der Waals surface area contributed by atoms with Crippen molar-refractivity contribution in [2.75, 3.05) is 7.11 Å². The molecule has 0 fully saturated rings. The van der Waals surface area contributed by atoms with E-state index in [1.165, 1.54) is 19.2 Å². The maximum absolute atomic E-state index is 10.7. The number of nitriles is 1. The van der Waals surface area contributed by atoms with Crippen molar-refractivity contribution in [2.45, 2.75) is 0 Å². The topological polar surface area (TPSA) is 76.2 Å². The van der Waals surface area contributed by atoms with Crippen LogP contribution in [-0.2, 0) is 0 Å². The molecule has 5 heteroatoms. The van der Waals surface area contributed by atoms with Crippen molar-refractivity contribution in [3.63, 3.8) is 0 Å². The molecule has 0 unspecified atom stereocenters. The van der Waals surface area contributed by atoms with Crippen molar-refractivity contribution in [2.24, 2.45) is 0 Å². The van der Waals surface area contributed by atoms with Crippen molar-refractivity contribution < 1.29 is 9.66 Å². The Bertz CT molecular complexity index is 492. The van der Waals surface area contributed by atoms with Crippen LogP contribution in [-0.4, -0.2) is 12.0 Å². The highest BCUT2D eigenvalue weighted by Crippen LogP contribution is 2.26. The van der Waals surface area contributed by atoms with Gasteiger partial charge in [0.1, 0.15) is 11.3 Å². The van der Waals surface area contributed by atoms with Gasteiger partial charge in [0.25, 0.3) is 5.69 Å². The molecular formula is C10H6N2O3. The molecule has 1 aromatic carbocycles. The maximum Gasteiger partial charge on any atom is 0.288 e. The molecule has 74 valence electrons. The molecule has 0 amide bonds. The molecule has 15 heavy (non-hydrogen) atoms. The van der Waals surface area contributed by atoms with Crippen LogP contribution in [0.15, 0.2) is 18.2 Å². The second-order valence-electron chi connectivity index (χ2n) is 2.47. The number of hydrogen-bond donors (Lipinski definition) is 0. The summed E-state index contributed by atoms with van der Waals surface area (Å²) in [6, 6.07) is 5.95.